The van der Waals surface area contributed by atoms with Gasteiger partial charge in [0.15, 0.2) is 16.7 Å². The van der Waals surface area contributed by atoms with E-state index in [9.17, 15) is 49.3 Å². The average Bonchev–Trinajstić information content (AvgIpc) is 3.11. The smallest absolute Gasteiger partial charge is 0.233 e. The van der Waals surface area contributed by atoms with Crippen LogP contribution < -0.4 is 16.0 Å². The number of aromatic nitrogens is 5. The number of aromatic hydroxyl groups is 1. The topological polar surface area (TPSA) is 341 Å². The zero-order valence-electron chi connectivity index (χ0n) is 28.5. The predicted molar refractivity (Wildman–Crippen MR) is 204 cm³/mol. The normalized spacial score (nSPS) is 12.8. The fourth-order valence-corrected chi connectivity index (χ4v) is 8.00. The molecule has 0 aliphatic rings. The SMILES string of the molecule is CC(CNc1nc(Cl)nc(Nc2cc(S(=O)(=O)[O-])cc3cc(S(=O)(=O)[O-])c(N=Nc4ccc5ccccc5c4S(=O)(=O)[O-])c(O)c23)n1)Nc1nc(Cl)nc(Cl)c1C#N. The number of azo groups is 1. The maximum atomic E-state index is 12.5. The molecule has 2 heterocycles. The van der Waals surface area contributed by atoms with Gasteiger partial charge in [0.1, 0.15) is 53.4 Å². The Morgan fingerprint density at radius 1 is 0.828 bits per heavy atom. The molecule has 21 nitrogen and oxygen atoms in total. The highest BCUT2D eigenvalue weighted by molar-refractivity contribution is 7.86. The van der Waals surface area contributed by atoms with E-state index in [0.29, 0.717) is 17.5 Å². The van der Waals surface area contributed by atoms with E-state index in [1.807, 2.05) is 6.07 Å². The van der Waals surface area contributed by atoms with E-state index in [-0.39, 0.29) is 39.7 Å². The first kappa shape index (κ1) is 42.0. The van der Waals surface area contributed by atoms with Crippen LogP contribution in [0.4, 0.5) is 34.8 Å². The number of hydrogen-bond donors (Lipinski definition) is 4. The van der Waals surface area contributed by atoms with Crippen molar-refractivity contribution in [1.29, 1.82) is 5.26 Å². The zero-order valence-corrected chi connectivity index (χ0v) is 33.3. The first-order chi connectivity index (χ1) is 27.1. The summed E-state index contributed by atoms with van der Waals surface area (Å²) in [5.74, 6) is -1.74. The van der Waals surface area contributed by atoms with Gasteiger partial charge in [0.2, 0.25) is 22.5 Å². The third kappa shape index (κ3) is 9.07. The van der Waals surface area contributed by atoms with Crippen molar-refractivity contribution in [2.45, 2.75) is 27.7 Å². The van der Waals surface area contributed by atoms with Crippen LogP contribution in [0.1, 0.15) is 12.5 Å². The molecule has 0 radical (unpaired) electrons. The van der Waals surface area contributed by atoms with E-state index in [1.165, 1.54) is 24.3 Å². The Morgan fingerprint density at radius 3 is 2.19 bits per heavy atom. The highest BCUT2D eigenvalue weighted by atomic mass is 35.5. The van der Waals surface area contributed by atoms with Crippen LogP contribution in [0.2, 0.25) is 15.7 Å². The average molecular weight is 908 g/mol. The second-order valence-electron chi connectivity index (χ2n) is 11.8. The summed E-state index contributed by atoms with van der Waals surface area (Å²) >= 11 is 18.0. The van der Waals surface area contributed by atoms with Gasteiger partial charge in [-0.1, -0.05) is 41.9 Å². The zero-order chi connectivity index (χ0) is 42.3. The van der Waals surface area contributed by atoms with Crippen molar-refractivity contribution in [3.8, 4) is 11.8 Å². The van der Waals surface area contributed by atoms with Crippen LogP contribution in [-0.4, -0.2) is 81.5 Å². The quantitative estimate of drug-likeness (QED) is 0.0524. The predicted octanol–water partition coefficient (Wildman–Crippen LogP) is 5.29. The van der Waals surface area contributed by atoms with Gasteiger partial charge < -0.3 is 34.7 Å². The molecule has 0 spiro atoms. The van der Waals surface area contributed by atoms with Crippen molar-refractivity contribution >= 4 is 121 Å². The third-order valence-electron chi connectivity index (χ3n) is 7.80. The van der Waals surface area contributed by atoms with Gasteiger partial charge in [0.25, 0.3) is 0 Å². The number of nitriles is 1. The van der Waals surface area contributed by atoms with Crippen LogP contribution in [-0.2, 0) is 30.4 Å². The number of fused-ring (bicyclic) bond motifs is 2. The van der Waals surface area contributed by atoms with Crippen LogP contribution in [0.25, 0.3) is 21.5 Å². The van der Waals surface area contributed by atoms with E-state index in [0.717, 1.165) is 12.1 Å². The number of nitrogens with zero attached hydrogens (tertiary/aromatic N) is 8. The number of rotatable bonds is 12. The number of phenolic OH excluding ortho intramolecular Hbond substituents is 1. The van der Waals surface area contributed by atoms with Gasteiger partial charge in [-0.25, -0.2) is 30.2 Å². The fourth-order valence-electron chi connectivity index (χ4n) is 5.41. The molecule has 4 aromatic carbocycles. The van der Waals surface area contributed by atoms with Gasteiger partial charge in [-0.2, -0.15) is 25.2 Å². The van der Waals surface area contributed by atoms with E-state index in [2.05, 4.69) is 51.1 Å². The van der Waals surface area contributed by atoms with Crippen molar-refractivity contribution in [3.63, 3.8) is 0 Å². The van der Waals surface area contributed by atoms with Gasteiger partial charge in [-0.15, -0.1) is 10.2 Å². The highest BCUT2D eigenvalue weighted by Gasteiger charge is 2.23. The van der Waals surface area contributed by atoms with Crippen molar-refractivity contribution in [1.82, 2.24) is 24.9 Å². The molecular formula is C31H19Cl3N11O10S3-3. The maximum absolute atomic E-state index is 12.5. The van der Waals surface area contributed by atoms with Gasteiger partial charge in [-0.3, -0.25) is 0 Å². The summed E-state index contributed by atoms with van der Waals surface area (Å²) in [6, 6.07) is 11.6. The van der Waals surface area contributed by atoms with Gasteiger partial charge in [0.05, 0.1) is 20.4 Å². The summed E-state index contributed by atoms with van der Waals surface area (Å²) in [6.07, 6.45) is 0. The van der Waals surface area contributed by atoms with Crippen molar-refractivity contribution in [3.05, 3.63) is 75.9 Å². The van der Waals surface area contributed by atoms with Crippen LogP contribution in [0, 0.1) is 11.3 Å². The monoisotopic (exact) mass is 906 g/mol. The summed E-state index contributed by atoms with van der Waals surface area (Å²) in [5.41, 5.74) is -2.21. The molecule has 0 bridgehead atoms. The number of benzene rings is 4. The lowest BCUT2D eigenvalue weighted by Crippen LogP contribution is -2.27. The second kappa shape index (κ2) is 16.0. The molecule has 300 valence electrons. The molecule has 27 heteroatoms. The van der Waals surface area contributed by atoms with Crippen LogP contribution >= 0.6 is 34.8 Å². The van der Waals surface area contributed by atoms with E-state index >= 15 is 0 Å². The van der Waals surface area contributed by atoms with Crippen molar-refractivity contribution in [2.75, 3.05) is 22.5 Å². The molecule has 0 saturated heterocycles. The van der Waals surface area contributed by atoms with Gasteiger partial charge >= 0.3 is 0 Å². The number of anilines is 4. The lowest BCUT2D eigenvalue weighted by Gasteiger charge is -2.19. The molecule has 2 aromatic heterocycles. The lowest BCUT2D eigenvalue weighted by molar-refractivity contribution is 0.458. The van der Waals surface area contributed by atoms with E-state index in [1.54, 1.807) is 13.0 Å². The molecule has 58 heavy (non-hydrogen) atoms. The molecule has 0 aliphatic carbocycles. The number of nitrogens with one attached hydrogen (secondary N) is 3. The Bertz CT molecular complexity index is 3100. The Hall–Kier alpha value is -5.62. The molecule has 0 amide bonds. The number of halogens is 3. The molecule has 0 fully saturated rings. The van der Waals surface area contributed by atoms with Crippen molar-refractivity contribution < 1.29 is 44.0 Å². The lowest BCUT2D eigenvalue weighted by atomic mass is 10.1. The largest absolute Gasteiger partial charge is 0.744 e. The molecular weight excluding hydrogens is 889 g/mol. The molecule has 6 rings (SSSR count). The summed E-state index contributed by atoms with van der Waals surface area (Å²) < 4.78 is 111. The molecule has 6 aromatic rings. The summed E-state index contributed by atoms with van der Waals surface area (Å²) in [5, 5.41) is 35.1. The standard InChI is InChI=1S/C31H22Cl3N11O10S3/c1-13(37-27-18(11-35)26(32)39-28(33)40-27)12-36-30-41-29(34)42-31(43-30)38-20-10-16(56(47,48)49)8-15-9-21(57(50,51)52)23(24(46)22(15)20)45-44-19-7-6-14-4-2-3-5-17(14)25(19)58(53,54)55/h2-10,13,46H,12H2,1H3,(H,37,39,40)(H,47,48,49)(H,50,51,52)(H,53,54,55)(H2,36,38,41,42,43)/p-3. The van der Waals surface area contributed by atoms with Crippen molar-refractivity contribution in [2.24, 2.45) is 10.2 Å². The van der Waals surface area contributed by atoms with Crippen LogP contribution in [0.3, 0.4) is 0 Å². The minimum atomic E-state index is -5.59. The maximum Gasteiger partial charge on any atom is 0.233 e. The van der Waals surface area contributed by atoms with Crippen LogP contribution in [0.5, 0.6) is 5.75 Å². The van der Waals surface area contributed by atoms with Crippen LogP contribution in [0.15, 0.2) is 79.5 Å². The molecule has 1 unspecified atom stereocenters. The first-order valence-corrected chi connectivity index (χ1v) is 21.0. The minimum absolute atomic E-state index is 0.0187. The van der Waals surface area contributed by atoms with Gasteiger partial charge in [0, 0.05) is 23.4 Å². The Balaban J connectivity index is 1.43. The first-order valence-electron chi connectivity index (χ1n) is 15.6. The molecule has 1 atom stereocenters. The highest BCUT2D eigenvalue weighted by Crippen LogP contribution is 2.46. The summed E-state index contributed by atoms with van der Waals surface area (Å²) in [7, 11) is -16.1. The Labute approximate surface area is 342 Å². The summed E-state index contributed by atoms with van der Waals surface area (Å²) in [6.45, 7) is 1.68. The Morgan fingerprint density at radius 2 is 1.52 bits per heavy atom. The van der Waals surface area contributed by atoms with E-state index < -0.39 is 95.9 Å². The Kier molecular flexibility index (Phi) is 11.6. The number of hydrogen-bond acceptors (Lipinski definition) is 21. The van der Waals surface area contributed by atoms with Gasteiger partial charge in [-0.05, 0) is 65.2 Å². The number of phenols is 1. The minimum Gasteiger partial charge on any atom is -0.744 e. The summed E-state index contributed by atoms with van der Waals surface area (Å²) in [4.78, 5) is 16.6. The second-order valence-corrected chi connectivity index (χ2v) is 16.8. The molecule has 4 N–H and O–H groups in total. The fraction of sp³-hybridized carbons (Fsp3) is 0.0968. The van der Waals surface area contributed by atoms with E-state index in [4.69, 9.17) is 34.8 Å². The molecule has 0 saturated carbocycles. The third-order valence-corrected chi connectivity index (χ3v) is 11.0. The molecule has 0 aliphatic heterocycles.